The van der Waals surface area contributed by atoms with Gasteiger partial charge in [-0.3, -0.25) is 0 Å². The normalized spacial score (nSPS) is 16.2. The fourth-order valence-electron chi connectivity index (χ4n) is 6.20. The summed E-state index contributed by atoms with van der Waals surface area (Å²) in [5, 5.41) is 28.9. The highest BCUT2D eigenvalue weighted by atomic mass is 14.4. The van der Waals surface area contributed by atoms with E-state index in [-0.39, 0.29) is 0 Å². The Balaban J connectivity index is 1.52. The SMILES string of the molecule is c1cc2c1c1c2c2c1c1c2c2c3c4c5c6ccc6c5c4c3c12. The average Bonchev–Trinajstić information content (AvgIpc) is 2.43. The Labute approximate surface area is 121 Å². The summed E-state index contributed by atoms with van der Waals surface area (Å²) in [6, 6.07) is 9.14. The zero-order chi connectivity index (χ0) is 13.2. The minimum Gasteiger partial charge on any atom is -0.0531 e. The van der Waals surface area contributed by atoms with Crippen LogP contribution in [-0.2, 0) is 0 Å². The van der Waals surface area contributed by atoms with Gasteiger partial charge < -0.3 is 0 Å². The van der Waals surface area contributed by atoms with E-state index in [2.05, 4.69) is 24.3 Å². The second-order valence-electron chi connectivity index (χ2n) is 7.57. The van der Waals surface area contributed by atoms with Crippen molar-refractivity contribution in [2.75, 3.05) is 0 Å². The highest BCUT2D eigenvalue weighted by Gasteiger charge is 2.41. The molecule has 10 aromatic rings. The molecule has 0 fully saturated rings. The molecule has 0 aliphatic heterocycles. The van der Waals surface area contributed by atoms with Gasteiger partial charge in [-0.15, -0.1) is 0 Å². The summed E-state index contributed by atoms with van der Waals surface area (Å²) >= 11 is 0. The minimum absolute atomic E-state index is 1.54. The molecular weight excluding hydrogens is 264 g/mol. The molecule has 0 amide bonds. The largest absolute Gasteiger partial charge is 0.0531 e. The van der Waals surface area contributed by atoms with Gasteiger partial charge in [-0.1, -0.05) is 24.3 Å². The van der Waals surface area contributed by atoms with E-state index in [1.54, 1.807) is 97.0 Å². The van der Waals surface area contributed by atoms with Crippen LogP contribution in [0.1, 0.15) is 0 Å². The van der Waals surface area contributed by atoms with Crippen LogP contribution in [0, 0.1) is 0 Å². The van der Waals surface area contributed by atoms with Gasteiger partial charge in [-0.2, -0.15) is 0 Å². The Kier molecular flexibility index (Phi) is 0.634. The Morgan fingerprint density at radius 3 is 0.591 bits per heavy atom. The molecule has 0 aliphatic rings. The first-order chi connectivity index (χ1) is 11.0. The molecule has 0 N–H and O–H groups in total. The molecule has 0 atom stereocenters. The zero-order valence-corrected chi connectivity index (χ0v) is 11.3. The first-order valence-electron chi connectivity index (χ1n) is 8.07. The standard InChI is InChI=1S/C22H4/c1-2-6-5(1)9-10(6)14-13(9)17-18(14)22-20-16-12-8-4-3-7(8)11(12)15(16)19(20)21(17)22/h1-4H. The van der Waals surface area contributed by atoms with E-state index in [0.29, 0.717) is 0 Å². The van der Waals surface area contributed by atoms with E-state index >= 15 is 0 Å². The van der Waals surface area contributed by atoms with Crippen molar-refractivity contribution in [1.29, 1.82) is 0 Å². The van der Waals surface area contributed by atoms with Crippen molar-refractivity contribution in [3.05, 3.63) is 24.3 Å². The maximum Gasteiger partial charge on any atom is -0.00000000593 e. The Morgan fingerprint density at radius 2 is 0.409 bits per heavy atom. The van der Waals surface area contributed by atoms with Crippen LogP contribution in [0.25, 0.3) is 97.0 Å². The van der Waals surface area contributed by atoms with Crippen LogP contribution in [0.15, 0.2) is 24.3 Å². The van der Waals surface area contributed by atoms with Gasteiger partial charge in [0.15, 0.2) is 0 Å². The third kappa shape index (κ3) is 0.389. The van der Waals surface area contributed by atoms with Gasteiger partial charge in [0.2, 0.25) is 0 Å². The molecule has 10 rings (SSSR count). The fourth-order valence-corrected chi connectivity index (χ4v) is 6.20. The quantitative estimate of drug-likeness (QED) is 0.277. The summed E-state index contributed by atoms with van der Waals surface area (Å²) in [5.41, 5.74) is 0. The van der Waals surface area contributed by atoms with Gasteiger partial charge in [0, 0.05) is 0 Å². The second-order valence-corrected chi connectivity index (χ2v) is 7.57. The molecular formula is C22H4. The predicted octanol–water partition coefficient (Wildman–Crippen LogP) is 6.44. The van der Waals surface area contributed by atoms with E-state index in [9.17, 15) is 0 Å². The number of rotatable bonds is 0. The zero-order valence-electron chi connectivity index (χ0n) is 11.3. The lowest BCUT2D eigenvalue weighted by Crippen LogP contribution is -2.10. The molecule has 0 heterocycles. The molecule has 92 valence electrons. The highest BCUT2D eigenvalue weighted by molar-refractivity contribution is 6.74. The van der Waals surface area contributed by atoms with Crippen molar-refractivity contribution in [3.8, 4) is 0 Å². The Bertz CT molecular complexity index is 1620. The predicted molar refractivity (Wildman–Crippen MR) is 95.9 cm³/mol. The lowest BCUT2D eigenvalue weighted by molar-refractivity contribution is 1.85. The first-order valence-corrected chi connectivity index (χ1v) is 8.07. The van der Waals surface area contributed by atoms with Crippen LogP contribution in [0.5, 0.6) is 0 Å². The minimum atomic E-state index is 1.54. The Hall–Kier alpha value is -2.86. The maximum absolute atomic E-state index is 2.29. The van der Waals surface area contributed by atoms with Gasteiger partial charge >= 0.3 is 0 Å². The van der Waals surface area contributed by atoms with Crippen LogP contribution < -0.4 is 0 Å². The number of hydrogen-bond acceptors (Lipinski definition) is 0. The molecule has 10 aromatic carbocycles. The topological polar surface area (TPSA) is 0 Å². The monoisotopic (exact) mass is 268 g/mol. The lowest BCUT2D eigenvalue weighted by atomic mass is 9.62. The summed E-state index contributed by atoms with van der Waals surface area (Å²) < 4.78 is 0. The van der Waals surface area contributed by atoms with E-state index in [4.69, 9.17) is 0 Å². The molecule has 0 heteroatoms. The molecule has 22 heavy (non-hydrogen) atoms. The molecule has 0 aliphatic carbocycles. The average molecular weight is 268 g/mol. The van der Waals surface area contributed by atoms with Gasteiger partial charge in [0.1, 0.15) is 0 Å². The maximum atomic E-state index is 2.29. The summed E-state index contributed by atoms with van der Waals surface area (Å²) in [4.78, 5) is 0. The molecule has 0 aromatic heterocycles. The van der Waals surface area contributed by atoms with Crippen molar-refractivity contribution in [2.24, 2.45) is 0 Å². The number of fused-ring (bicyclic) bond motifs is 25. The molecule has 0 spiro atoms. The van der Waals surface area contributed by atoms with Gasteiger partial charge in [-0.25, -0.2) is 0 Å². The first kappa shape index (κ1) is 7.95. The third-order valence-electron chi connectivity index (χ3n) is 7.24. The summed E-state index contributed by atoms with van der Waals surface area (Å²) in [6.45, 7) is 0. The van der Waals surface area contributed by atoms with Crippen LogP contribution in [0.4, 0.5) is 0 Å². The van der Waals surface area contributed by atoms with Crippen LogP contribution in [0.2, 0.25) is 0 Å². The molecule has 0 saturated heterocycles. The molecule has 0 saturated carbocycles. The summed E-state index contributed by atoms with van der Waals surface area (Å²) in [6.07, 6.45) is 0. The van der Waals surface area contributed by atoms with Crippen LogP contribution in [-0.4, -0.2) is 0 Å². The van der Waals surface area contributed by atoms with Gasteiger partial charge in [-0.05, 0) is 97.0 Å². The molecule has 0 unspecified atom stereocenters. The highest BCUT2D eigenvalue weighted by Crippen LogP contribution is 2.70. The number of benzene rings is 9. The third-order valence-corrected chi connectivity index (χ3v) is 7.24. The van der Waals surface area contributed by atoms with Gasteiger partial charge in [0.05, 0.1) is 0 Å². The number of hydrogen-bond donors (Lipinski definition) is 0. The van der Waals surface area contributed by atoms with Crippen LogP contribution >= 0.6 is 0 Å². The van der Waals surface area contributed by atoms with Crippen molar-refractivity contribution >= 4 is 97.0 Å². The van der Waals surface area contributed by atoms with E-state index in [1.807, 2.05) is 0 Å². The summed E-state index contributed by atoms with van der Waals surface area (Å²) in [5.74, 6) is 0. The lowest BCUT2D eigenvalue weighted by Gasteiger charge is -2.39. The summed E-state index contributed by atoms with van der Waals surface area (Å²) in [7, 11) is 0. The Morgan fingerprint density at radius 1 is 0.227 bits per heavy atom. The van der Waals surface area contributed by atoms with E-state index in [0.717, 1.165) is 0 Å². The van der Waals surface area contributed by atoms with Crippen LogP contribution in [0.3, 0.4) is 0 Å². The van der Waals surface area contributed by atoms with Crippen molar-refractivity contribution in [3.63, 3.8) is 0 Å². The smallest absolute Gasteiger partial charge is 0.00000000593 e. The fraction of sp³-hybridized carbons (Fsp3) is 0. The van der Waals surface area contributed by atoms with E-state index < -0.39 is 0 Å². The molecule has 0 nitrogen and oxygen atoms in total. The van der Waals surface area contributed by atoms with Crippen molar-refractivity contribution < 1.29 is 0 Å². The van der Waals surface area contributed by atoms with Crippen molar-refractivity contribution in [1.82, 2.24) is 0 Å². The van der Waals surface area contributed by atoms with E-state index in [1.165, 1.54) is 0 Å². The molecule has 0 bridgehead atoms. The van der Waals surface area contributed by atoms with Crippen molar-refractivity contribution in [2.45, 2.75) is 0 Å². The second kappa shape index (κ2) is 1.75. The van der Waals surface area contributed by atoms with Gasteiger partial charge in [0.25, 0.3) is 0 Å². The molecule has 0 radical (unpaired) electrons.